The summed E-state index contributed by atoms with van der Waals surface area (Å²) in [4.78, 5) is 14.1. The van der Waals surface area contributed by atoms with Crippen molar-refractivity contribution in [2.45, 2.75) is 0 Å². The van der Waals surface area contributed by atoms with Crippen molar-refractivity contribution in [1.29, 1.82) is 0 Å². The highest BCUT2D eigenvalue weighted by Gasteiger charge is 2.18. The molecule has 0 aromatic heterocycles. The lowest BCUT2D eigenvalue weighted by Gasteiger charge is -2.26. The van der Waals surface area contributed by atoms with Gasteiger partial charge in [-0.25, -0.2) is 0 Å². The van der Waals surface area contributed by atoms with Crippen molar-refractivity contribution in [2.24, 2.45) is 0 Å². The fourth-order valence-electron chi connectivity index (χ4n) is 3.10. The Morgan fingerprint density at radius 1 is 0.964 bits per heavy atom. The molecule has 2 aromatic rings. The summed E-state index contributed by atoms with van der Waals surface area (Å²) in [5.74, 6) is 2.41. The summed E-state index contributed by atoms with van der Waals surface area (Å²) in [5.41, 5.74) is 1.60. The van der Waals surface area contributed by atoms with Crippen molar-refractivity contribution < 1.29 is 28.5 Å². The van der Waals surface area contributed by atoms with Crippen LogP contribution in [-0.2, 0) is 9.53 Å². The largest absolute Gasteiger partial charge is 0.497 e. The third kappa shape index (κ3) is 4.48. The van der Waals surface area contributed by atoms with E-state index < -0.39 is 0 Å². The van der Waals surface area contributed by atoms with Gasteiger partial charge in [0.15, 0.2) is 6.61 Å². The molecule has 0 spiro atoms. The van der Waals surface area contributed by atoms with Crippen molar-refractivity contribution in [3.63, 3.8) is 0 Å². The Hall–Kier alpha value is -2.93. The number of amides is 1. The predicted molar refractivity (Wildman–Crippen MR) is 104 cm³/mol. The van der Waals surface area contributed by atoms with Gasteiger partial charge in [-0.1, -0.05) is 6.07 Å². The molecule has 0 unspecified atom stereocenters. The van der Waals surface area contributed by atoms with E-state index in [-0.39, 0.29) is 12.5 Å². The van der Waals surface area contributed by atoms with Crippen LogP contribution < -0.4 is 18.9 Å². The molecule has 0 N–H and O–H groups in total. The van der Waals surface area contributed by atoms with Crippen LogP contribution in [0.2, 0.25) is 0 Å². The first-order valence-electron chi connectivity index (χ1n) is 9.05. The highest BCUT2D eigenvalue weighted by molar-refractivity contribution is 5.80. The van der Waals surface area contributed by atoms with Gasteiger partial charge in [0.1, 0.15) is 23.0 Å². The molecular formula is C21H25NO6. The third-order valence-corrected chi connectivity index (χ3v) is 4.56. The van der Waals surface area contributed by atoms with Gasteiger partial charge in [0, 0.05) is 19.2 Å². The number of rotatable bonds is 7. The maximum absolute atomic E-state index is 12.4. The average molecular weight is 387 g/mol. The second-order valence-electron chi connectivity index (χ2n) is 6.22. The van der Waals surface area contributed by atoms with E-state index in [0.29, 0.717) is 49.3 Å². The molecule has 1 aliphatic rings. The van der Waals surface area contributed by atoms with Crippen molar-refractivity contribution in [2.75, 3.05) is 54.2 Å². The van der Waals surface area contributed by atoms with Crippen molar-refractivity contribution in [1.82, 2.24) is 4.90 Å². The summed E-state index contributed by atoms with van der Waals surface area (Å²) in [6.07, 6.45) is 0. The van der Waals surface area contributed by atoms with Crippen LogP contribution in [0.3, 0.4) is 0 Å². The Morgan fingerprint density at radius 3 is 2.21 bits per heavy atom. The lowest BCUT2D eigenvalue weighted by molar-refractivity contribution is -0.137. The lowest BCUT2D eigenvalue weighted by atomic mass is 10.0. The molecule has 7 heteroatoms. The molecule has 28 heavy (non-hydrogen) atoms. The van der Waals surface area contributed by atoms with Gasteiger partial charge >= 0.3 is 0 Å². The van der Waals surface area contributed by atoms with E-state index in [1.807, 2.05) is 30.3 Å². The molecule has 1 aliphatic heterocycles. The maximum Gasteiger partial charge on any atom is 0.260 e. The SMILES string of the molecule is COc1cc(OCC(=O)N2CCOCC2)cc(-c2c(OC)cccc2OC)c1. The van der Waals surface area contributed by atoms with Gasteiger partial charge in [0.05, 0.1) is 40.1 Å². The Kier molecular flexibility index (Phi) is 6.60. The van der Waals surface area contributed by atoms with Gasteiger partial charge < -0.3 is 28.6 Å². The molecule has 0 atom stereocenters. The van der Waals surface area contributed by atoms with Crippen molar-refractivity contribution >= 4 is 5.91 Å². The molecule has 0 aliphatic carbocycles. The number of hydrogen-bond donors (Lipinski definition) is 0. The van der Waals surface area contributed by atoms with Crippen LogP contribution >= 0.6 is 0 Å². The third-order valence-electron chi connectivity index (χ3n) is 4.56. The van der Waals surface area contributed by atoms with E-state index in [9.17, 15) is 4.79 Å². The van der Waals surface area contributed by atoms with E-state index in [1.165, 1.54) is 0 Å². The fraction of sp³-hybridized carbons (Fsp3) is 0.381. The second-order valence-corrected chi connectivity index (χ2v) is 6.22. The van der Waals surface area contributed by atoms with Gasteiger partial charge in [0.2, 0.25) is 0 Å². The quantitative estimate of drug-likeness (QED) is 0.728. The number of morpholine rings is 1. The van der Waals surface area contributed by atoms with Crippen molar-refractivity contribution in [3.8, 4) is 34.1 Å². The average Bonchev–Trinajstić information content (AvgIpc) is 2.77. The van der Waals surface area contributed by atoms with E-state index in [2.05, 4.69) is 0 Å². The minimum Gasteiger partial charge on any atom is -0.497 e. The summed E-state index contributed by atoms with van der Waals surface area (Å²) in [5, 5.41) is 0. The standard InChI is InChI=1S/C21H25NO6/c1-24-16-11-15(21-18(25-2)5-4-6-19(21)26-3)12-17(13-16)28-14-20(23)22-7-9-27-10-8-22/h4-6,11-13H,7-10,14H2,1-3H3. The molecule has 2 aromatic carbocycles. The molecule has 1 heterocycles. The summed E-state index contributed by atoms with van der Waals surface area (Å²) >= 11 is 0. The lowest BCUT2D eigenvalue weighted by Crippen LogP contribution is -2.42. The molecule has 3 rings (SSSR count). The maximum atomic E-state index is 12.4. The molecule has 7 nitrogen and oxygen atoms in total. The second kappa shape index (κ2) is 9.32. The van der Waals surface area contributed by atoms with E-state index in [1.54, 1.807) is 32.3 Å². The molecule has 0 saturated carbocycles. The van der Waals surface area contributed by atoms with Crippen LogP contribution in [0.5, 0.6) is 23.0 Å². The van der Waals surface area contributed by atoms with Crippen LogP contribution in [-0.4, -0.2) is 65.0 Å². The number of hydrogen-bond acceptors (Lipinski definition) is 6. The minimum absolute atomic E-state index is 0.0460. The number of methoxy groups -OCH3 is 3. The highest BCUT2D eigenvalue weighted by atomic mass is 16.5. The number of nitrogens with zero attached hydrogens (tertiary/aromatic N) is 1. The monoisotopic (exact) mass is 387 g/mol. The van der Waals surface area contributed by atoms with Crippen molar-refractivity contribution in [3.05, 3.63) is 36.4 Å². The van der Waals surface area contributed by atoms with Crippen LogP contribution in [0.25, 0.3) is 11.1 Å². The van der Waals surface area contributed by atoms with Gasteiger partial charge in [-0.3, -0.25) is 4.79 Å². The van der Waals surface area contributed by atoms with Crippen LogP contribution in [0.15, 0.2) is 36.4 Å². The first-order valence-corrected chi connectivity index (χ1v) is 9.05. The molecular weight excluding hydrogens is 362 g/mol. The minimum atomic E-state index is -0.0671. The van der Waals surface area contributed by atoms with E-state index in [4.69, 9.17) is 23.7 Å². The summed E-state index contributed by atoms with van der Waals surface area (Å²) < 4.78 is 27.5. The highest BCUT2D eigenvalue weighted by Crippen LogP contribution is 2.41. The topological polar surface area (TPSA) is 66.5 Å². The number of carbonyl (C=O) groups is 1. The van der Waals surface area contributed by atoms with Gasteiger partial charge in [-0.2, -0.15) is 0 Å². The summed E-state index contributed by atoms with van der Waals surface area (Å²) in [6.45, 7) is 2.24. The Bertz CT molecular complexity index is 794. The predicted octanol–water partition coefficient (Wildman–Crippen LogP) is 2.62. The molecule has 1 saturated heterocycles. The molecule has 1 amide bonds. The summed E-state index contributed by atoms with van der Waals surface area (Å²) in [6, 6.07) is 11.0. The Morgan fingerprint density at radius 2 is 1.61 bits per heavy atom. The van der Waals surface area contributed by atoms with E-state index in [0.717, 1.165) is 11.1 Å². The van der Waals surface area contributed by atoms with Gasteiger partial charge in [-0.15, -0.1) is 0 Å². The van der Waals surface area contributed by atoms with Gasteiger partial charge in [0.25, 0.3) is 5.91 Å². The smallest absolute Gasteiger partial charge is 0.260 e. The zero-order chi connectivity index (χ0) is 19.9. The van der Waals surface area contributed by atoms with Crippen LogP contribution in [0.4, 0.5) is 0 Å². The zero-order valence-corrected chi connectivity index (χ0v) is 16.4. The molecule has 1 fully saturated rings. The number of ether oxygens (including phenoxy) is 5. The van der Waals surface area contributed by atoms with Crippen LogP contribution in [0, 0.1) is 0 Å². The van der Waals surface area contributed by atoms with Crippen LogP contribution in [0.1, 0.15) is 0 Å². The molecule has 0 bridgehead atoms. The molecule has 0 radical (unpaired) electrons. The fourth-order valence-corrected chi connectivity index (χ4v) is 3.10. The number of benzene rings is 2. The summed E-state index contributed by atoms with van der Waals surface area (Å²) in [7, 11) is 4.80. The molecule has 150 valence electrons. The van der Waals surface area contributed by atoms with E-state index >= 15 is 0 Å². The zero-order valence-electron chi connectivity index (χ0n) is 16.4. The van der Waals surface area contributed by atoms with Gasteiger partial charge in [-0.05, 0) is 29.8 Å². The normalized spacial score (nSPS) is 13.8. The Balaban J connectivity index is 1.86. The Labute approximate surface area is 164 Å². The first-order chi connectivity index (χ1) is 13.7. The first kappa shape index (κ1) is 19.8. The number of carbonyl (C=O) groups excluding carboxylic acids is 1.